The molecule has 4 aromatic rings. The van der Waals surface area contributed by atoms with E-state index < -0.39 is 41.9 Å². The Balaban J connectivity index is 1.41. The lowest BCUT2D eigenvalue weighted by atomic mass is 9.89. The number of aliphatic carboxylic acids is 1. The van der Waals surface area contributed by atoms with Gasteiger partial charge in [0.1, 0.15) is 23.9 Å². The number of rotatable bonds is 9. The van der Waals surface area contributed by atoms with Gasteiger partial charge in [-0.3, -0.25) is 14.5 Å². The maximum absolute atomic E-state index is 14.3. The number of H-pyrrole nitrogens is 1. The predicted octanol–water partition coefficient (Wildman–Crippen LogP) is 4.60. The van der Waals surface area contributed by atoms with Crippen molar-refractivity contribution in [1.29, 1.82) is 0 Å². The van der Waals surface area contributed by atoms with Gasteiger partial charge in [-0.25, -0.2) is 14.5 Å². The third kappa shape index (κ3) is 4.89. The zero-order chi connectivity index (χ0) is 30.2. The molecule has 2 aliphatic heterocycles. The van der Waals surface area contributed by atoms with E-state index in [4.69, 9.17) is 4.74 Å². The van der Waals surface area contributed by atoms with Gasteiger partial charge < -0.3 is 20.1 Å². The van der Waals surface area contributed by atoms with E-state index in [-0.39, 0.29) is 17.7 Å². The molecule has 11 heteroatoms. The normalized spacial score (nSPS) is 18.4. The number of carbonyl (C=O) groups excluding carboxylic acids is 3. The van der Waals surface area contributed by atoms with Crippen LogP contribution in [-0.4, -0.2) is 70.0 Å². The molecule has 4 amide bonds. The van der Waals surface area contributed by atoms with Crippen molar-refractivity contribution in [3.63, 3.8) is 0 Å². The molecule has 0 spiro atoms. The quantitative estimate of drug-likeness (QED) is 0.240. The fourth-order valence-corrected chi connectivity index (χ4v) is 6.49. The SMILES string of the molecule is COc1ccc(C2c3[nH]c4ccccc4c3CC3C(=O)N(c4ccccc4C(=O)NC(CCSC)C(=O)O)C(=O)N32)cc1. The van der Waals surface area contributed by atoms with E-state index >= 15 is 0 Å². The van der Waals surface area contributed by atoms with E-state index in [1.54, 1.807) is 24.1 Å². The summed E-state index contributed by atoms with van der Waals surface area (Å²) in [7, 11) is 1.58. The number of hydrogen-bond donors (Lipinski definition) is 3. The van der Waals surface area contributed by atoms with Gasteiger partial charge in [0.15, 0.2) is 0 Å². The Morgan fingerprint density at radius 2 is 1.79 bits per heavy atom. The number of aromatic amines is 1. The Labute approximate surface area is 252 Å². The molecule has 3 aromatic carbocycles. The van der Waals surface area contributed by atoms with Gasteiger partial charge in [-0.1, -0.05) is 42.5 Å². The maximum Gasteiger partial charge on any atom is 0.332 e. The molecule has 3 N–H and O–H groups in total. The average Bonchev–Trinajstić information content (AvgIpc) is 3.51. The fraction of sp³-hybridized carbons (Fsp3) is 0.250. The molecule has 0 saturated carbocycles. The van der Waals surface area contributed by atoms with E-state index in [1.807, 2.05) is 54.8 Å². The number of carboxylic acid groups (broad SMARTS) is 1. The topological polar surface area (TPSA) is 132 Å². The minimum atomic E-state index is -1.15. The molecular weight excluding hydrogens is 568 g/mol. The molecule has 6 rings (SSSR count). The van der Waals surface area contributed by atoms with Crippen molar-refractivity contribution in [2.45, 2.75) is 31.0 Å². The molecule has 220 valence electrons. The number of amides is 4. The van der Waals surface area contributed by atoms with Gasteiger partial charge >= 0.3 is 12.0 Å². The average molecular weight is 599 g/mol. The lowest BCUT2D eigenvalue weighted by molar-refractivity contribution is -0.139. The van der Waals surface area contributed by atoms with Gasteiger partial charge in [-0.15, -0.1) is 0 Å². The summed E-state index contributed by atoms with van der Waals surface area (Å²) in [5.74, 6) is -1.06. The fourth-order valence-electron chi connectivity index (χ4n) is 6.02. The summed E-state index contributed by atoms with van der Waals surface area (Å²) in [4.78, 5) is 59.8. The number of para-hydroxylation sites is 2. The first-order valence-corrected chi connectivity index (χ1v) is 15.2. The molecule has 1 saturated heterocycles. The number of fused-ring (bicyclic) bond motifs is 4. The molecule has 43 heavy (non-hydrogen) atoms. The van der Waals surface area contributed by atoms with Crippen LogP contribution in [0.5, 0.6) is 5.75 Å². The van der Waals surface area contributed by atoms with Crippen molar-refractivity contribution >= 4 is 52.2 Å². The van der Waals surface area contributed by atoms with Gasteiger partial charge in [-0.2, -0.15) is 11.8 Å². The van der Waals surface area contributed by atoms with Gasteiger partial charge in [0, 0.05) is 23.0 Å². The standard InChI is InChI=1S/C32H30N4O6S/c1-42-19-13-11-18(12-14-19)28-27-22(20-7-3-5-9-23(20)33-27)17-26-30(38)36(32(41)35(26)28)25-10-6-4-8-21(25)29(37)34-24(31(39)40)15-16-43-2/h3-14,24,26,28,33H,15-17H2,1-2H3,(H,34,37)(H,39,40). The summed E-state index contributed by atoms with van der Waals surface area (Å²) in [5.41, 5.74) is 3.66. The number of aromatic nitrogens is 1. The first-order chi connectivity index (χ1) is 20.8. The molecule has 1 aromatic heterocycles. The summed E-state index contributed by atoms with van der Waals surface area (Å²) in [5, 5.41) is 13.2. The second-order valence-corrected chi connectivity index (χ2v) is 11.5. The molecule has 0 bridgehead atoms. The first kappa shape index (κ1) is 28.4. The molecule has 3 heterocycles. The van der Waals surface area contributed by atoms with E-state index in [9.17, 15) is 24.3 Å². The zero-order valence-electron chi connectivity index (χ0n) is 23.6. The van der Waals surface area contributed by atoms with Crippen molar-refractivity contribution in [3.8, 4) is 5.75 Å². The number of hydrogen-bond acceptors (Lipinski definition) is 6. The van der Waals surface area contributed by atoms with E-state index in [0.29, 0.717) is 17.9 Å². The Hall–Kier alpha value is -4.77. The van der Waals surface area contributed by atoms with Gasteiger partial charge in [-0.05, 0) is 59.9 Å². The monoisotopic (exact) mass is 598 g/mol. The van der Waals surface area contributed by atoms with Crippen LogP contribution in [0.15, 0.2) is 72.8 Å². The number of benzene rings is 3. The van der Waals surface area contributed by atoms with Gasteiger partial charge in [0.05, 0.1) is 18.4 Å². The minimum Gasteiger partial charge on any atom is -0.497 e. The summed E-state index contributed by atoms with van der Waals surface area (Å²) in [6.07, 6.45) is 2.39. The molecular formula is C32H30N4O6S. The molecule has 0 radical (unpaired) electrons. The van der Waals surface area contributed by atoms with Crippen LogP contribution in [0, 0.1) is 0 Å². The van der Waals surface area contributed by atoms with Crippen LogP contribution < -0.4 is 15.0 Å². The summed E-state index contributed by atoms with van der Waals surface area (Å²) < 4.78 is 5.35. The largest absolute Gasteiger partial charge is 0.497 e. The van der Waals surface area contributed by atoms with Gasteiger partial charge in [0.2, 0.25) is 0 Å². The first-order valence-electron chi connectivity index (χ1n) is 13.8. The highest BCUT2D eigenvalue weighted by Crippen LogP contribution is 2.45. The number of imide groups is 1. The number of nitrogens with one attached hydrogen (secondary N) is 2. The number of ether oxygens (including phenoxy) is 1. The highest BCUT2D eigenvalue weighted by molar-refractivity contribution is 7.98. The smallest absolute Gasteiger partial charge is 0.332 e. The molecule has 0 aliphatic carbocycles. The molecule has 3 atom stereocenters. The molecule has 3 unspecified atom stereocenters. The van der Waals surface area contributed by atoms with Crippen molar-refractivity contribution in [1.82, 2.24) is 15.2 Å². The number of anilines is 1. The van der Waals surface area contributed by atoms with E-state index in [2.05, 4.69) is 10.3 Å². The summed E-state index contributed by atoms with van der Waals surface area (Å²) >= 11 is 1.47. The molecule has 10 nitrogen and oxygen atoms in total. The number of carboxylic acids is 1. The Morgan fingerprint density at radius 3 is 2.51 bits per heavy atom. The van der Waals surface area contributed by atoms with Crippen LogP contribution in [0.4, 0.5) is 10.5 Å². The number of methoxy groups -OCH3 is 1. The Morgan fingerprint density at radius 1 is 1.07 bits per heavy atom. The van der Waals surface area contributed by atoms with Crippen LogP contribution in [-0.2, 0) is 16.0 Å². The minimum absolute atomic E-state index is 0.0458. The van der Waals surface area contributed by atoms with Crippen LogP contribution in [0.2, 0.25) is 0 Å². The van der Waals surface area contributed by atoms with Crippen molar-refractivity contribution in [2.75, 3.05) is 24.0 Å². The van der Waals surface area contributed by atoms with Crippen LogP contribution in [0.25, 0.3) is 10.9 Å². The zero-order valence-corrected chi connectivity index (χ0v) is 24.4. The highest BCUT2D eigenvalue weighted by Gasteiger charge is 2.53. The van der Waals surface area contributed by atoms with Crippen LogP contribution >= 0.6 is 11.8 Å². The Kier molecular flexibility index (Phi) is 7.57. The lowest BCUT2D eigenvalue weighted by Gasteiger charge is -2.36. The summed E-state index contributed by atoms with van der Waals surface area (Å²) in [6, 6.07) is 18.5. The maximum atomic E-state index is 14.3. The van der Waals surface area contributed by atoms with E-state index in [1.165, 1.54) is 23.9 Å². The van der Waals surface area contributed by atoms with Crippen molar-refractivity contribution in [2.24, 2.45) is 0 Å². The van der Waals surface area contributed by atoms with Crippen LogP contribution in [0.3, 0.4) is 0 Å². The predicted molar refractivity (Wildman–Crippen MR) is 164 cm³/mol. The number of thioether (sulfide) groups is 1. The lowest BCUT2D eigenvalue weighted by Crippen LogP contribution is -2.44. The van der Waals surface area contributed by atoms with Crippen LogP contribution in [0.1, 0.15) is 39.6 Å². The van der Waals surface area contributed by atoms with Crippen molar-refractivity contribution in [3.05, 3.63) is 95.2 Å². The van der Waals surface area contributed by atoms with Crippen molar-refractivity contribution < 1.29 is 29.0 Å². The molecule has 1 fully saturated rings. The number of urea groups is 1. The number of nitrogens with zero attached hydrogens (tertiary/aromatic N) is 2. The highest BCUT2D eigenvalue weighted by atomic mass is 32.2. The Bertz CT molecular complexity index is 1740. The van der Waals surface area contributed by atoms with Gasteiger partial charge in [0.25, 0.3) is 11.8 Å². The number of carbonyl (C=O) groups is 4. The van der Waals surface area contributed by atoms with E-state index in [0.717, 1.165) is 32.6 Å². The second kappa shape index (κ2) is 11.5. The second-order valence-electron chi connectivity index (χ2n) is 10.5. The third-order valence-electron chi connectivity index (χ3n) is 8.08. The molecule has 2 aliphatic rings. The third-order valence-corrected chi connectivity index (χ3v) is 8.73. The summed E-state index contributed by atoms with van der Waals surface area (Å²) in [6.45, 7) is 0.